The van der Waals surface area contributed by atoms with Crippen LogP contribution in [-0.4, -0.2) is 44.5 Å². The minimum absolute atomic E-state index is 0.0226. The highest BCUT2D eigenvalue weighted by Gasteiger charge is 2.34. The number of hydrazone groups is 1. The Hall–Kier alpha value is -3.80. The number of para-hydroxylation sites is 1. The molecule has 0 aliphatic rings. The average Bonchev–Trinajstić information content (AvgIpc) is 3.10. The molecule has 0 spiro atoms. The maximum absolute atomic E-state index is 13.5. The number of nitrogens with zero attached hydrogens (tertiary/aromatic N) is 3. The average molecular weight is 537 g/mol. The van der Waals surface area contributed by atoms with Crippen molar-refractivity contribution >= 4 is 27.8 Å². The Kier molecular flexibility index (Phi) is 8.01. The van der Waals surface area contributed by atoms with Crippen molar-refractivity contribution in [1.29, 1.82) is 0 Å². The van der Waals surface area contributed by atoms with E-state index in [9.17, 15) is 26.4 Å². The van der Waals surface area contributed by atoms with Crippen LogP contribution in [0.1, 0.15) is 29.4 Å². The van der Waals surface area contributed by atoms with Gasteiger partial charge in [-0.25, -0.2) is 13.8 Å². The number of hydrogen-bond donors (Lipinski definition) is 1. The van der Waals surface area contributed by atoms with Gasteiger partial charge in [-0.15, -0.1) is 0 Å². The molecule has 12 heteroatoms. The number of hydrogen-bond acceptors (Lipinski definition) is 5. The van der Waals surface area contributed by atoms with E-state index in [4.69, 9.17) is 4.74 Å². The largest absolute Gasteiger partial charge is 0.497 e. The Labute approximate surface area is 213 Å². The second kappa shape index (κ2) is 10.7. The molecule has 0 saturated carbocycles. The quantitative estimate of drug-likeness (QED) is 0.341. The molecule has 1 heterocycles. The van der Waals surface area contributed by atoms with Crippen LogP contribution in [0.4, 0.5) is 18.9 Å². The first kappa shape index (κ1) is 27.8. The monoisotopic (exact) mass is 536 g/mol. The Morgan fingerprint density at radius 3 is 2.32 bits per heavy atom. The summed E-state index contributed by atoms with van der Waals surface area (Å²) in [6.07, 6.45) is -2.25. The maximum Gasteiger partial charge on any atom is 0.418 e. The first-order valence-corrected chi connectivity index (χ1v) is 12.9. The van der Waals surface area contributed by atoms with Crippen LogP contribution >= 0.6 is 0 Å². The highest BCUT2D eigenvalue weighted by Crippen LogP contribution is 2.35. The number of ether oxygens (including phenoxy) is 1. The molecule has 8 nitrogen and oxygen atoms in total. The van der Waals surface area contributed by atoms with Crippen LogP contribution in [0.3, 0.4) is 0 Å². The van der Waals surface area contributed by atoms with Gasteiger partial charge in [0.2, 0.25) is 10.0 Å². The van der Waals surface area contributed by atoms with E-state index in [1.165, 1.54) is 55.1 Å². The molecular formula is C25H27F3N4O4S. The summed E-state index contributed by atoms with van der Waals surface area (Å²) in [5.41, 5.74) is 3.29. The van der Waals surface area contributed by atoms with Crippen molar-refractivity contribution in [3.63, 3.8) is 0 Å². The van der Waals surface area contributed by atoms with Gasteiger partial charge in [-0.1, -0.05) is 12.1 Å². The van der Waals surface area contributed by atoms with Crippen LogP contribution in [0.25, 0.3) is 5.69 Å². The summed E-state index contributed by atoms with van der Waals surface area (Å²) in [6.45, 7) is 4.72. The van der Waals surface area contributed by atoms with E-state index in [2.05, 4.69) is 10.5 Å². The zero-order valence-electron chi connectivity index (χ0n) is 20.9. The molecule has 1 amide bonds. The third kappa shape index (κ3) is 6.13. The van der Waals surface area contributed by atoms with Gasteiger partial charge in [-0.05, 0) is 63.2 Å². The Balaban J connectivity index is 1.84. The lowest BCUT2D eigenvalue weighted by Crippen LogP contribution is -2.46. The lowest BCUT2D eigenvalue weighted by atomic mass is 10.1. The van der Waals surface area contributed by atoms with E-state index in [1.807, 2.05) is 0 Å². The summed E-state index contributed by atoms with van der Waals surface area (Å²) < 4.78 is 73.0. The predicted molar refractivity (Wildman–Crippen MR) is 136 cm³/mol. The molecule has 0 fully saturated rings. The molecule has 0 aliphatic heterocycles. The number of nitrogens with one attached hydrogen (secondary N) is 1. The van der Waals surface area contributed by atoms with E-state index >= 15 is 0 Å². The van der Waals surface area contributed by atoms with Gasteiger partial charge in [0, 0.05) is 17.0 Å². The van der Waals surface area contributed by atoms with Gasteiger partial charge in [0.15, 0.2) is 0 Å². The minimum Gasteiger partial charge on any atom is -0.497 e. The molecule has 3 aromatic rings. The van der Waals surface area contributed by atoms with Crippen molar-refractivity contribution in [2.75, 3.05) is 17.7 Å². The summed E-state index contributed by atoms with van der Waals surface area (Å²) in [5, 5.41) is 3.93. The molecule has 0 saturated heterocycles. The van der Waals surface area contributed by atoms with Crippen molar-refractivity contribution in [2.24, 2.45) is 5.10 Å². The molecule has 37 heavy (non-hydrogen) atoms. The van der Waals surface area contributed by atoms with Crippen molar-refractivity contribution in [2.45, 2.75) is 33.0 Å². The molecule has 1 N–H and O–H groups in total. The van der Waals surface area contributed by atoms with Gasteiger partial charge in [0.25, 0.3) is 5.91 Å². The number of sulfonamides is 1. The molecule has 3 rings (SSSR count). The number of carbonyl (C=O) groups is 1. The molecule has 1 atom stereocenters. The number of alkyl halides is 3. The Bertz CT molecular complexity index is 1410. The zero-order valence-corrected chi connectivity index (χ0v) is 21.7. The van der Waals surface area contributed by atoms with Crippen LogP contribution in [0.2, 0.25) is 0 Å². The van der Waals surface area contributed by atoms with Crippen molar-refractivity contribution in [1.82, 2.24) is 9.99 Å². The Morgan fingerprint density at radius 2 is 1.76 bits per heavy atom. The minimum atomic E-state index is -4.53. The van der Waals surface area contributed by atoms with E-state index in [0.29, 0.717) is 22.7 Å². The van der Waals surface area contributed by atoms with Crippen LogP contribution in [-0.2, 0) is 21.0 Å². The van der Waals surface area contributed by atoms with Crippen LogP contribution < -0.4 is 14.5 Å². The van der Waals surface area contributed by atoms with Gasteiger partial charge in [0.05, 0.1) is 36.5 Å². The highest BCUT2D eigenvalue weighted by atomic mass is 32.2. The summed E-state index contributed by atoms with van der Waals surface area (Å²) >= 11 is 0. The van der Waals surface area contributed by atoms with Crippen molar-refractivity contribution in [3.8, 4) is 11.4 Å². The number of halogens is 3. The maximum atomic E-state index is 13.5. The fourth-order valence-corrected chi connectivity index (χ4v) is 5.17. The van der Waals surface area contributed by atoms with E-state index in [-0.39, 0.29) is 11.4 Å². The molecule has 0 radical (unpaired) electrons. The van der Waals surface area contributed by atoms with Gasteiger partial charge in [-0.2, -0.15) is 18.3 Å². The first-order valence-electron chi connectivity index (χ1n) is 11.1. The van der Waals surface area contributed by atoms with Gasteiger partial charge in [-0.3, -0.25) is 9.10 Å². The highest BCUT2D eigenvalue weighted by molar-refractivity contribution is 7.92. The molecule has 1 aromatic heterocycles. The number of methoxy groups -OCH3 is 1. The number of amides is 1. The van der Waals surface area contributed by atoms with E-state index in [1.54, 1.807) is 32.0 Å². The number of carbonyl (C=O) groups excluding carboxylic acids is 1. The summed E-state index contributed by atoms with van der Waals surface area (Å²) in [7, 11) is -2.35. The fourth-order valence-electron chi connectivity index (χ4n) is 3.99. The number of aryl methyl sites for hydroxylation is 1. The molecule has 2 aromatic carbocycles. The normalized spacial score (nSPS) is 13.0. The van der Waals surface area contributed by atoms with Crippen LogP contribution in [0, 0.1) is 13.8 Å². The van der Waals surface area contributed by atoms with Gasteiger partial charge >= 0.3 is 6.18 Å². The third-order valence-corrected chi connectivity index (χ3v) is 6.96. The summed E-state index contributed by atoms with van der Waals surface area (Å²) in [6, 6.07) is 11.9. The topological polar surface area (TPSA) is 93.0 Å². The van der Waals surface area contributed by atoms with Crippen LogP contribution in [0.15, 0.2) is 59.7 Å². The number of benzene rings is 2. The van der Waals surface area contributed by atoms with E-state index in [0.717, 1.165) is 16.6 Å². The van der Waals surface area contributed by atoms with Crippen LogP contribution in [0.5, 0.6) is 5.75 Å². The fraction of sp³-hybridized carbons (Fsp3) is 0.280. The van der Waals surface area contributed by atoms with Crippen molar-refractivity contribution < 1.29 is 31.1 Å². The second-order valence-electron chi connectivity index (χ2n) is 8.34. The second-order valence-corrected chi connectivity index (χ2v) is 10.2. The van der Waals surface area contributed by atoms with Gasteiger partial charge < -0.3 is 9.30 Å². The lowest BCUT2D eigenvalue weighted by Gasteiger charge is -2.27. The lowest BCUT2D eigenvalue weighted by molar-refractivity contribution is -0.137. The van der Waals surface area contributed by atoms with Gasteiger partial charge in [0.1, 0.15) is 11.8 Å². The SMILES string of the molecule is COc1ccc(N(C(C)C(=O)NN=Cc2cc(C)n(-c3ccccc3C(F)(F)F)c2C)S(C)(=O)=O)cc1. The van der Waals surface area contributed by atoms with Crippen molar-refractivity contribution in [3.05, 3.63) is 77.1 Å². The third-order valence-electron chi connectivity index (χ3n) is 5.71. The zero-order chi connectivity index (χ0) is 27.5. The van der Waals surface area contributed by atoms with E-state index < -0.39 is 33.7 Å². The Morgan fingerprint density at radius 1 is 1.14 bits per heavy atom. The molecule has 0 aliphatic carbocycles. The summed E-state index contributed by atoms with van der Waals surface area (Å²) in [4.78, 5) is 12.8. The first-order chi connectivity index (χ1) is 17.3. The molecular weight excluding hydrogens is 509 g/mol. The number of anilines is 1. The summed E-state index contributed by atoms with van der Waals surface area (Å²) in [5.74, 6) is -0.178. The number of aromatic nitrogens is 1. The standard InChI is InChI=1S/C25H27F3N4O4S/c1-16-14-19(17(2)31(16)23-9-7-6-8-22(23)25(26,27)28)15-29-30-24(33)18(3)32(37(5,34)35)20-10-12-21(36-4)13-11-20/h6-15,18H,1-5H3,(H,30,33). The molecule has 0 bridgehead atoms. The molecule has 1 unspecified atom stereocenters. The smallest absolute Gasteiger partial charge is 0.418 e. The predicted octanol–water partition coefficient (Wildman–Crippen LogP) is 4.43. The number of rotatable bonds is 8. The molecule has 198 valence electrons.